The van der Waals surface area contributed by atoms with Crippen molar-refractivity contribution >= 4 is 11.8 Å². The van der Waals surface area contributed by atoms with E-state index in [9.17, 15) is 9.59 Å². The summed E-state index contributed by atoms with van der Waals surface area (Å²) >= 11 is 0. The number of amides is 2. The second-order valence-electron chi connectivity index (χ2n) is 10.3. The fourth-order valence-electron chi connectivity index (χ4n) is 8.76. The largest absolute Gasteiger partial charge is 0.276 e. The van der Waals surface area contributed by atoms with Crippen molar-refractivity contribution in [2.24, 2.45) is 53.3 Å². The number of carbonyl (C=O) groups is 2. The lowest BCUT2D eigenvalue weighted by Crippen LogP contribution is -2.62. The zero-order chi connectivity index (χ0) is 15.8. The fraction of sp³-hybridized carbons (Fsp3) is 0.810. The number of likely N-dealkylation sites (tertiary alicyclic amines) is 1. The molecule has 126 valence electrons. The van der Waals surface area contributed by atoms with Crippen molar-refractivity contribution in [2.75, 3.05) is 0 Å². The van der Waals surface area contributed by atoms with Gasteiger partial charge in [0, 0.05) is 0 Å². The van der Waals surface area contributed by atoms with E-state index in [1.54, 1.807) is 0 Å². The Balaban J connectivity index is 1.32. The zero-order valence-corrected chi connectivity index (χ0v) is 14.1. The number of allylic oxidation sites excluding steroid dienone is 2. The molecule has 6 atom stereocenters. The molecule has 8 aliphatic carbocycles. The monoisotopic (exact) mass is 323 g/mol. The Labute approximate surface area is 142 Å². The summed E-state index contributed by atoms with van der Waals surface area (Å²) in [5.74, 6) is 5.00. The molecule has 0 aromatic carbocycles. The van der Waals surface area contributed by atoms with Crippen molar-refractivity contribution < 1.29 is 9.59 Å². The van der Waals surface area contributed by atoms with Crippen LogP contribution in [0.1, 0.15) is 44.9 Å². The van der Waals surface area contributed by atoms with Gasteiger partial charge in [-0.3, -0.25) is 14.5 Å². The first kappa shape index (κ1) is 13.1. The SMILES string of the molecule is O=C1[C@@H]2[C@@H]3C=C[C@H]([C@@H]4C[C@H]34)[C@@H]2C(=O)N1C12CC3CC(CC(C3)C1)C2. The van der Waals surface area contributed by atoms with Gasteiger partial charge in [0.05, 0.1) is 17.4 Å². The van der Waals surface area contributed by atoms with Gasteiger partial charge in [0.2, 0.25) is 11.8 Å². The van der Waals surface area contributed by atoms with E-state index in [2.05, 4.69) is 12.2 Å². The number of imide groups is 1. The van der Waals surface area contributed by atoms with E-state index in [0.29, 0.717) is 23.7 Å². The third-order valence-electron chi connectivity index (χ3n) is 9.14. The van der Waals surface area contributed by atoms with Crippen LogP contribution in [0.4, 0.5) is 0 Å². The molecule has 7 fully saturated rings. The summed E-state index contributed by atoms with van der Waals surface area (Å²) in [7, 11) is 0. The molecule has 3 nitrogen and oxygen atoms in total. The number of carbonyl (C=O) groups excluding carboxylic acids is 2. The third kappa shape index (κ3) is 1.33. The molecule has 0 unspecified atom stereocenters. The molecule has 0 aromatic heterocycles. The first-order chi connectivity index (χ1) is 11.6. The lowest BCUT2D eigenvalue weighted by Gasteiger charge is -2.59. The minimum Gasteiger partial charge on any atom is -0.276 e. The summed E-state index contributed by atoms with van der Waals surface area (Å²) < 4.78 is 0. The summed E-state index contributed by atoms with van der Waals surface area (Å²) in [6, 6.07) is 0. The summed E-state index contributed by atoms with van der Waals surface area (Å²) in [5, 5.41) is 0. The standard InChI is InChI=1S/C21H25NO2/c23-19-17-13-1-2-14(16-6-15(13)16)18(17)20(24)22(19)21-7-10-3-11(8-21)5-12(4-10)9-21/h1-2,10-18H,3-9H2/t10?,11?,12?,13-,14-,15-,16+,17-,18+,21?/m1/s1. The summed E-state index contributed by atoms with van der Waals surface area (Å²) in [4.78, 5) is 28.9. The van der Waals surface area contributed by atoms with Gasteiger partial charge in [-0.25, -0.2) is 0 Å². The molecule has 0 aromatic rings. The lowest BCUT2D eigenvalue weighted by molar-refractivity contribution is -0.159. The molecule has 9 rings (SSSR count). The molecule has 3 heteroatoms. The molecule has 1 saturated heterocycles. The van der Waals surface area contributed by atoms with Gasteiger partial charge in [0.15, 0.2) is 0 Å². The zero-order valence-electron chi connectivity index (χ0n) is 14.1. The number of nitrogens with zero attached hydrogens (tertiary/aromatic N) is 1. The molecule has 6 bridgehead atoms. The van der Waals surface area contributed by atoms with E-state index in [-0.39, 0.29) is 29.2 Å². The van der Waals surface area contributed by atoms with Crippen LogP contribution >= 0.6 is 0 Å². The molecule has 9 aliphatic rings. The molecule has 1 aliphatic heterocycles. The van der Waals surface area contributed by atoms with Crippen molar-refractivity contribution in [1.82, 2.24) is 4.90 Å². The maximum atomic E-state index is 13.5. The molecular formula is C21H25NO2. The van der Waals surface area contributed by atoms with Gasteiger partial charge in [-0.05, 0) is 86.4 Å². The normalized spacial score (nSPS) is 61.5. The van der Waals surface area contributed by atoms with E-state index in [1.807, 2.05) is 4.90 Å². The van der Waals surface area contributed by atoms with Crippen LogP contribution < -0.4 is 0 Å². The highest BCUT2D eigenvalue weighted by Gasteiger charge is 2.70. The molecule has 1 heterocycles. The highest BCUT2D eigenvalue weighted by Crippen LogP contribution is 2.67. The number of hydrogen-bond acceptors (Lipinski definition) is 2. The molecule has 6 saturated carbocycles. The first-order valence-electron chi connectivity index (χ1n) is 10.2. The quantitative estimate of drug-likeness (QED) is 0.549. The van der Waals surface area contributed by atoms with Gasteiger partial charge >= 0.3 is 0 Å². The Morgan fingerprint density at radius 3 is 1.67 bits per heavy atom. The average molecular weight is 323 g/mol. The Hall–Kier alpha value is -1.12. The van der Waals surface area contributed by atoms with Crippen LogP contribution in [0.3, 0.4) is 0 Å². The lowest BCUT2D eigenvalue weighted by atomic mass is 9.52. The van der Waals surface area contributed by atoms with Gasteiger partial charge in [-0.1, -0.05) is 12.2 Å². The third-order valence-corrected chi connectivity index (χ3v) is 9.14. The van der Waals surface area contributed by atoms with Crippen LogP contribution in [-0.4, -0.2) is 22.3 Å². The first-order valence-corrected chi connectivity index (χ1v) is 10.2. The van der Waals surface area contributed by atoms with Gasteiger partial charge < -0.3 is 0 Å². The molecule has 24 heavy (non-hydrogen) atoms. The maximum absolute atomic E-state index is 13.5. The van der Waals surface area contributed by atoms with Gasteiger partial charge in [-0.15, -0.1) is 0 Å². The van der Waals surface area contributed by atoms with Crippen molar-refractivity contribution in [3.63, 3.8) is 0 Å². The Kier molecular flexibility index (Phi) is 2.10. The average Bonchev–Trinajstić information content (AvgIpc) is 3.30. The summed E-state index contributed by atoms with van der Waals surface area (Å²) in [5.41, 5.74) is -0.0795. The Morgan fingerprint density at radius 2 is 1.21 bits per heavy atom. The van der Waals surface area contributed by atoms with E-state index >= 15 is 0 Å². The second kappa shape index (κ2) is 3.83. The highest BCUT2D eigenvalue weighted by atomic mass is 16.2. The van der Waals surface area contributed by atoms with Crippen LogP contribution in [0, 0.1) is 53.3 Å². The second-order valence-corrected chi connectivity index (χ2v) is 10.3. The maximum Gasteiger partial charge on any atom is 0.234 e. The molecule has 0 N–H and O–H groups in total. The summed E-state index contributed by atoms with van der Waals surface area (Å²) in [6.45, 7) is 0. The van der Waals surface area contributed by atoms with Crippen molar-refractivity contribution in [3.8, 4) is 0 Å². The van der Waals surface area contributed by atoms with E-state index in [0.717, 1.165) is 37.0 Å². The molecule has 2 amide bonds. The molecule has 0 radical (unpaired) electrons. The van der Waals surface area contributed by atoms with Crippen LogP contribution in [0.25, 0.3) is 0 Å². The predicted octanol–water partition coefficient (Wildman–Crippen LogP) is 3.01. The van der Waals surface area contributed by atoms with Crippen LogP contribution in [0.2, 0.25) is 0 Å². The van der Waals surface area contributed by atoms with Gasteiger partial charge in [0.25, 0.3) is 0 Å². The van der Waals surface area contributed by atoms with Gasteiger partial charge in [0.1, 0.15) is 0 Å². The number of rotatable bonds is 1. The highest BCUT2D eigenvalue weighted by molar-refractivity contribution is 6.07. The molecule has 0 spiro atoms. The van der Waals surface area contributed by atoms with Crippen LogP contribution in [0.5, 0.6) is 0 Å². The van der Waals surface area contributed by atoms with Crippen molar-refractivity contribution in [2.45, 2.75) is 50.5 Å². The van der Waals surface area contributed by atoms with E-state index < -0.39 is 0 Å². The Bertz CT molecular complexity index is 637. The smallest absolute Gasteiger partial charge is 0.234 e. The van der Waals surface area contributed by atoms with Crippen LogP contribution in [-0.2, 0) is 9.59 Å². The van der Waals surface area contributed by atoms with Gasteiger partial charge in [-0.2, -0.15) is 0 Å². The van der Waals surface area contributed by atoms with Crippen molar-refractivity contribution in [3.05, 3.63) is 12.2 Å². The number of hydrogen-bond donors (Lipinski definition) is 0. The minimum absolute atomic E-state index is 0.00394. The van der Waals surface area contributed by atoms with Crippen LogP contribution in [0.15, 0.2) is 12.2 Å². The van der Waals surface area contributed by atoms with E-state index in [4.69, 9.17) is 0 Å². The predicted molar refractivity (Wildman–Crippen MR) is 87.5 cm³/mol. The minimum atomic E-state index is -0.0795. The Morgan fingerprint density at radius 1 is 0.750 bits per heavy atom. The van der Waals surface area contributed by atoms with E-state index in [1.165, 1.54) is 25.7 Å². The topological polar surface area (TPSA) is 37.4 Å². The van der Waals surface area contributed by atoms with Crippen molar-refractivity contribution in [1.29, 1.82) is 0 Å². The fourth-order valence-corrected chi connectivity index (χ4v) is 8.76. The molecular weight excluding hydrogens is 298 g/mol. The summed E-state index contributed by atoms with van der Waals surface area (Å²) in [6.07, 6.45) is 13.3.